The van der Waals surface area contributed by atoms with Gasteiger partial charge in [-0.1, -0.05) is 51.8 Å². The van der Waals surface area contributed by atoms with Crippen LogP contribution in [0.3, 0.4) is 0 Å². The molecule has 0 fully saturated rings. The van der Waals surface area contributed by atoms with E-state index in [2.05, 4.69) is 40.8 Å². The first-order chi connectivity index (χ1) is 12.4. The van der Waals surface area contributed by atoms with Crippen LogP contribution in [0.15, 0.2) is 29.2 Å². The van der Waals surface area contributed by atoms with Gasteiger partial charge in [-0.15, -0.1) is 0 Å². The summed E-state index contributed by atoms with van der Waals surface area (Å²) in [6.07, 6.45) is 3.84. The maximum Gasteiger partial charge on any atom is 0.296 e. The second-order valence-corrected chi connectivity index (χ2v) is 15.4. The van der Waals surface area contributed by atoms with Crippen LogP contribution in [0, 0.1) is 12.8 Å². The summed E-state index contributed by atoms with van der Waals surface area (Å²) >= 11 is 0. The Balaban J connectivity index is 2.53. The molecule has 0 amide bonds. The Morgan fingerprint density at radius 2 is 1.67 bits per heavy atom. The average molecular weight is 415 g/mol. The van der Waals surface area contributed by atoms with Crippen LogP contribution in [0.2, 0.25) is 18.1 Å². The molecule has 0 heterocycles. The zero-order valence-electron chi connectivity index (χ0n) is 18.2. The van der Waals surface area contributed by atoms with Gasteiger partial charge in [-0.3, -0.25) is 4.18 Å². The number of hydrogen-bond donors (Lipinski definition) is 0. The third-order valence-corrected chi connectivity index (χ3v) is 11.3. The molecule has 0 aliphatic heterocycles. The van der Waals surface area contributed by atoms with Gasteiger partial charge < -0.3 is 4.43 Å². The van der Waals surface area contributed by atoms with E-state index in [1.165, 1.54) is 0 Å². The van der Waals surface area contributed by atoms with Gasteiger partial charge in [-0.2, -0.15) is 8.42 Å². The summed E-state index contributed by atoms with van der Waals surface area (Å²) in [6, 6.07) is 6.79. The standard InChI is InChI=1S/C21H38O4SSi/c1-8-10-19(11-9-16-25-27(6,7)21(3,4)5)17-24-26(22,23)20-14-12-18(2)13-15-20/h12-15,19H,8-11,16-17H2,1-7H3. The maximum absolute atomic E-state index is 12.4. The van der Waals surface area contributed by atoms with Gasteiger partial charge in [0, 0.05) is 6.61 Å². The second-order valence-electron chi connectivity index (χ2n) is 8.96. The van der Waals surface area contributed by atoms with E-state index < -0.39 is 18.4 Å². The van der Waals surface area contributed by atoms with Crippen LogP contribution in [0.25, 0.3) is 0 Å². The third kappa shape index (κ3) is 8.06. The Morgan fingerprint density at radius 1 is 1.07 bits per heavy atom. The number of hydrogen-bond acceptors (Lipinski definition) is 4. The van der Waals surface area contributed by atoms with Crippen molar-refractivity contribution in [1.29, 1.82) is 0 Å². The van der Waals surface area contributed by atoms with Gasteiger partial charge in [0.25, 0.3) is 10.1 Å². The fourth-order valence-electron chi connectivity index (χ4n) is 2.59. The van der Waals surface area contributed by atoms with Crippen molar-refractivity contribution in [3.63, 3.8) is 0 Å². The largest absolute Gasteiger partial charge is 0.417 e. The summed E-state index contributed by atoms with van der Waals surface area (Å²) in [4.78, 5) is 0.226. The van der Waals surface area contributed by atoms with Gasteiger partial charge in [0.05, 0.1) is 11.5 Å². The highest BCUT2D eigenvalue weighted by molar-refractivity contribution is 7.86. The van der Waals surface area contributed by atoms with Crippen LogP contribution in [-0.4, -0.2) is 29.9 Å². The minimum Gasteiger partial charge on any atom is -0.417 e. The highest BCUT2D eigenvalue weighted by Crippen LogP contribution is 2.36. The van der Waals surface area contributed by atoms with Crippen LogP contribution in [0.1, 0.15) is 58.9 Å². The van der Waals surface area contributed by atoms with Gasteiger partial charge in [0.15, 0.2) is 8.32 Å². The molecule has 0 spiro atoms. The first-order valence-corrected chi connectivity index (χ1v) is 14.3. The Labute approximate surface area is 167 Å². The Kier molecular flexibility index (Phi) is 9.19. The van der Waals surface area contributed by atoms with Gasteiger partial charge in [-0.25, -0.2) is 0 Å². The lowest BCUT2D eigenvalue weighted by atomic mass is 9.99. The lowest BCUT2D eigenvalue weighted by Crippen LogP contribution is -2.41. The SMILES string of the molecule is CCCC(CCCO[Si](C)(C)C(C)(C)C)COS(=O)(=O)c1ccc(C)cc1. The summed E-state index contributed by atoms with van der Waals surface area (Å²) in [6.45, 7) is 16.3. The van der Waals surface area contributed by atoms with E-state index in [4.69, 9.17) is 8.61 Å². The molecule has 4 nitrogen and oxygen atoms in total. The predicted molar refractivity (Wildman–Crippen MR) is 115 cm³/mol. The summed E-state index contributed by atoms with van der Waals surface area (Å²) in [7, 11) is -5.41. The second kappa shape index (κ2) is 10.2. The molecule has 1 unspecified atom stereocenters. The number of benzene rings is 1. The summed E-state index contributed by atoms with van der Waals surface area (Å²) in [5.41, 5.74) is 1.03. The normalized spacial score (nSPS) is 14.3. The molecule has 0 bridgehead atoms. The van der Waals surface area contributed by atoms with E-state index in [0.717, 1.165) is 37.9 Å². The molecular weight excluding hydrogens is 376 g/mol. The van der Waals surface area contributed by atoms with Crippen LogP contribution >= 0.6 is 0 Å². The van der Waals surface area contributed by atoms with Gasteiger partial charge in [0.1, 0.15) is 0 Å². The topological polar surface area (TPSA) is 52.6 Å². The van der Waals surface area contributed by atoms with Crippen LogP contribution in [0.4, 0.5) is 0 Å². The van der Waals surface area contributed by atoms with Crippen LogP contribution in [-0.2, 0) is 18.7 Å². The van der Waals surface area contributed by atoms with E-state index in [1.807, 2.05) is 6.92 Å². The van der Waals surface area contributed by atoms with Crippen molar-refractivity contribution < 1.29 is 17.0 Å². The van der Waals surface area contributed by atoms with Crippen molar-refractivity contribution in [3.8, 4) is 0 Å². The highest BCUT2D eigenvalue weighted by Gasteiger charge is 2.36. The van der Waals surface area contributed by atoms with Crippen LogP contribution in [0.5, 0.6) is 0 Å². The minimum absolute atomic E-state index is 0.209. The van der Waals surface area contributed by atoms with Crippen molar-refractivity contribution >= 4 is 18.4 Å². The first-order valence-electron chi connectivity index (χ1n) is 9.99. The lowest BCUT2D eigenvalue weighted by molar-refractivity contribution is 0.214. The fraction of sp³-hybridized carbons (Fsp3) is 0.714. The predicted octanol–water partition coefficient (Wildman–Crippen LogP) is 5.92. The number of aryl methyl sites for hydroxylation is 1. The summed E-state index contributed by atoms with van der Waals surface area (Å²) in [5.74, 6) is 0.234. The average Bonchev–Trinajstić information content (AvgIpc) is 2.55. The molecule has 0 radical (unpaired) electrons. The molecular formula is C21H38O4SSi. The van der Waals surface area contributed by atoms with E-state index in [-0.39, 0.29) is 22.5 Å². The molecule has 6 heteroatoms. The van der Waals surface area contributed by atoms with Gasteiger partial charge >= 0.3 is 0 Å². The number of rotatable bonds is 11. The van der Waals surface area contributed by atoms with E-state index in [9.17, 15) is 8.42 Å². The molecule has 1 aromatic carbocycles. The van der Waals surface area contributed by atoms with E-state index in [1.54, 1.807) is 24.3 Å². The highest BCUT2D eigenvalue weighted by atomic mass is 32.2. The van der Waals surface area contributed by atoms with Crippen molar-refractivity contribution in [1.82, 2.24) is 0 Å². The summed E-state index contributed by atoms with van der Waals surface area (Å²) < 4.78 is 36.4. The molecule has 0 aromatic heterocycles. The molecule has 0 aliphatic carbocycles. The van der Waals surface area contributed by atoms with E-state index >= 15 is 0 Å². The van der Waals surface area contributed by atoms with E-state index in [0.29, 0.717) is 0 Å². The maximum atomic E-state index is 12.4. The Bertz CT molecular complexity index is 660. The fourth-order valence-corrected chi connectivity index (χ4v) is 4.66. The molecule has 27 heavy (non-hydrogen) atoms. The molecule has 1 aromatic rings. The Hall–Kier alpha value is -0.693. The van der Waals surface area contributed by atoms with Crippen LogP contribution < -0.4 is 0 Å². The molecule has 0 saturated heterocycles. The molecule has 0 saturated carbocycles. The van der Waals surface area contributed by atoms with Gasteiger partial charge in [0.2, 0.25) is 0 Å². The smallest absolute Gasteiger partial charge is 0.296 e. The molecule has 156 valence electrons. The third-order valence-electron chi connectivity index (χ3n) is 5.49. The van der Waals surface area contributed by atoms with Crippen molar-refractivity contribution in [2.24, 2.45) is 5.92 Å². The van der Waals surface area contributed by atoms with Crippen molar-refractivity contribution in [2.45, 2.75) is 83.3 Å². The van der Waals surface area contributed by atoms with Crippen molar-refractivity contribution in [2.75, 3.05) is 13.2 Å². The summed E-state index contributed by atoms with van der Waals surface area (Å²) in [5, 5.41) is 0.209. The molecule has 1 atom stereocenters. The zero-order valence-corrected chi connectivity index (χ0v) is 20.0. The molecule has 0 aliphatic rings. The Morgan fingerprint density at radius 3 is 2.19 bits per heavy atom. The lowest BCUT2D eigenvalue weighted by Gasteiger charge is -2.36. The van der Waals surface area contributed by atoms with Gasteiger partial charge in [-0.05, 0) is 62.4 Å². The molecule has 0 N–H and O–H groups in total. The quantitative estimate of drug-likeness (QED) is 0.256. The molecule has 1 rings (SSSR count). The first kappa shape index (κ1) is 24.3. The van der Waals surface area contributed by atoms with Crippen molar-refractivity contribution in [3.05, 3.63) is 29.8 Å². The monoisotopic (exact) mass is 414 g/mol. The zero-order chi connectivity index (χ0) is 20.7. The minimum atomic E-state index is -3.69.